The number of alkyl halides is 2. The number of rotatable bonds is 5. The predicted octanol–water partition coefficient (Wildman–Crippen LogP) is 5.87. The SMILES string of the molecule is BrC1CCCCC1SCCSC1CCCCC1Br. The second kappa shape index (κ2) is 8.84. The maximum atomic E-state index is 3.86. The summed E-state index contributed by atoms with van der Waals surface area (Å²) in [6.07, 6.45) is 11.4. The highest BCUT2D eigenvalue weighted by Gasteiger charge is 2.24. The summed E-state index contributed by atoms with van der Waals surface area (Å²) in [6.45, 7) is 0. The summed E-state index contributed by atoms with van der Waals surface area (Å²) < 4.78 is 0. The summed E-state index contributed by atoms with van der Waals surface area (Å²) in [7, 11) is 0. The zero-order chi connectivity index (χ0) is 12.8. The van der Waals surface area contributed by atoms with Gasteiger partial charge in [0.15, 0.2) is 0 Å². The van der Waals surface area contributed by atoms with Crippen molar-refractivity contribution in [1.82, 2.24) is 0 Å². The highest BCUT2D eigenvalue weighted by molar-refractivity contribution is 9.09. The zero-order valence-corrected chi connectivity index (χ0v) is 15.8. The van der Waals surface area contributed by atoms with Crippen LogP contribution < -0.4 is 0 Å². The van der Waals surface area contributed by atoms with Crippen molar-refractivity contribution in [2.45, 2.75) is 71.5 Å². The molecule has 0 aromatic carbocycles. The Morgan fingerprint density at radius 2 is 1.06 bits per heavy atom. The predicted molar refractivity (Wildman–Crippen MR) is 94.9 cm³/mol. The van der Waals surface area contributed by atoms with Gasteiger partial charge < -0.3 is 0 Å². The van der Waals surface area contributed by atoms with Crippen LogP contribution in [-0.2, 0) is 0 Å². The van der Waals surface area contributed by atoms with Crippen molar-refractivity contribution >= 4 is 55.4 Å². The van der Waals surface area contributed by atoms with Crippen LogP contribution in [0.1, 0.15) is 51.4 Å². The third-order valence-corrected chi connectivity index (χ3v) is 10.0. The molecule has 2 aliphatic rings. The van der Waals surface area contributed by atoms with Crippen LogP contribution >= 0.6 is 55.4 Å². The molecule has 4 atom stereocenters. The summed E-state index contributed by atoms with van der Waals surface area (Å²) in [6, 6.07) is 0. The Kier molecular flexibility index (Phi) is 7.88. The van der Waals surface area contributed by atoms with Gasteiger partial charge in [0.05, 0.1) is 0 Å². The molecule has 0 aromatic heterocycles. The molecule has 2 rings (SSSR count). The van der Waals surface area contributed by atoms with Gasteiger partial charge in [-0.2, -0.15) is 23.5 Å². The summed E-state index contributed by atoms with van der Waals surface area (Å²) in [5.41, 5.74) is 0. The smallest absolute Gasteiger partial charge is 0.0264 e. The lowest BCUT2D eigenvalue weighted by Gasteiger charge is -2.28. The number of hydrogen-bond acceptors (Lipinski definition) is 2. The molecule has 0 heterocycles. The third-order valence-electron chi connectivity index (χ3n) is 3.99. The normalized spacial score (nSPS) is 37.7. The van der Waals surface area contributed by atoms with E-state index in [9.17, 15) is 0 Å². The number of halogens is 2. The van der Waals surface area contributed by atoms with Gasteiger partial charge in [0, 0.05) is 31.7 Å². The molecule has 0 bridgehead atoms. The quantitative estimate of drug-likeness (QED) is 0.407. The fourth-order valence-corrected chi connectivity index (χ4v) is 7.70. The Labute approximate surface area is 137 Å². The first kappa shape index (κ1) is 16.0. The zero-order valence-electron chi connectivity index (χ0n) is 11.0. The Morgan fingerprint density at radius 3 is 1.44 bits per heavy atom. The van der Waals surface area contributed by atoms with Crippen molar-refractivity contribution in [1.29, 1.82) is 0 Å². The minimum absolute atomic E-state index is 0.778. The van der Waals surface area contributed by atoms with Gasteiger partial charge in [-0.1, -0.05) is 57.5 Å². The average Bonchev–Trinajstić information content (AvgIpc) is 2.38. The monoisotopic (exact) mass is 414 g/mol. The van der Waals surface area contributed by atoms with Gasteiger partial charge >= 0.3 is 0 Å². The van der Waals surface area contributed by atoms with Crippen LogP contribution in [0.15, 0.2) is 0 Å². The molecule has 0 aliphatic heterocycles. The van der Waals surface area contributed by atoms with E-state index in [1.54, 1.807) is 0 Å². The Hall–Kier alpha value is 1.66. The molecule has 4 unspecified atom stereocenters. The molecule has 0 N–H and O–H groups in total. The fraction of sp³-hybridized carbons (Fsp3) is 1.00. The van der Waals surface area contributed by atoms with Crippen molar-refractivity contribution in [2.75, 3.05) is 11.5 Å². The highest BCUT2D eigenvalue weighted by Crippen LogP contribution is 2.36. The topological polar surface area (TPSA) is 0 Å². The summed E-state index contributed by atoms with van der Waals surface area (Å²) >= 11 is 12.1. The summed E-state index contributed by atoms with van der Waals surface area (Å²) in [5.74, 6) is 2.68. The maximum Gasteiger partial charge on any atom is 0.0264 e. The fourth-order valence-electron chi connectivity index (χ4n) is 2.88. The molecule has 0 aromatic rings. The molecule has 0 radical (unpaired) electrons. The second-order valence-corrected chi connectivity index (χ2v) is 10.5. The van der Waals surface area contributed by atoms with E-state index in [1.807, 2.05) is 0 Å². The van der Waals surface area contributed by atoms with Crippen molar-refractivity contribution in [3.8, 4) is 0 Å². The molecule has 2 saturated carbocycles. The molecule has 2 aliphatic carbocycles. The van der Waals surface area contributed by atoms with Crippen LogP contribution in [0.4, 0.5) is 0 Å². The molecule has 0 amide bonds. The lowest BCUT2D eigenvalue weighted by Crippen LogP contribution is -2.24. The lowest BCUT2D eigenvalue weighted by atomic mass is 10.0. The van der Waals surface area contributed by atoms with E-state index >= 15 is 0 Å². The van der Waals surface area contributed by atoms with Crippen molar-refractivity contribution in [3.63, 3.8) is 0 Å². The first-order valence-electron chi connectivity index (χ1n) is 7.28. The molecular formula is C14H24Br2S2. The first-order chi connectivity index (χ1) is 8.77. The van der Waals surface area contributed by atoms with Gasteiger partial charge in [0.25, 0.3) is 0 Å². The maximum absolute atomic E-state index is 3.86. The Morgan fingerprint density at radius 1 is 0.667 bits per heavy atom. The first-order valence-corrected chi connectivity index (χ1v) is 11.2. The van der Waals surface area contributed by atoms with Crippen molar-refractivity contribution in [2.24, 2.45) is 0 Å². The molecule has 2 fully saturated rings. The molecule has 0 nitrogen and oxygen atoms in total. The van der Waals surface area contributed by atoms with Crippen LogP contribution in [0.3, 0.4) is 0 Å². The van der Waals surface area contributed by atoms with E-state index in [1.165, 1.54) is 62.9 Å². The molecule has 18 heavy (non-hydrogen) atoms. The van der Waals surface area contributed by atoms with E-state index in [4.69, 9.17) is 0 Å². The van der Waals surface area contributed by atoms with Gasteiger partial charge in [-0.15, -0.1) is 0 Å². The third kappa shape index (κ3) is 5.21. The summed E-state index contributed by atoms with van der Waals surface area (Å²) in [5, 5.41) is 1.76. The minimum atomic E-state index is 0.778. The van der Waals surface area contributed by atoms with Crippen molar-refractivity contribution < 1.29 is 0 Å². The van der Waals surface area contributed by atoms with Crippen LogP contribution in [0.5, 0.6) is 0 Å². The average molecular weight is 416 g/mol. The van der Waals surface area contributed by atoms with Crippen LogP contribution in [0, 0.1) is 0 Å². The van der Waals surface area contributed by atoms with E-state index in [0.717, 1.165) is 20.2 Å². The van der Waals surface area contributed by atoms with Crippen LogP contribution in [0.2, 0.25) is 0 Å². The van der Waals surface area contributed by atoms with E-state index in [2.05, 4.69) is 55.4 Å². The molecule has 0 spiro atoms. The second-order valence-electron chi connectivity index (χ2n) is 5.42. The summed E-state index contributed by atoms with van der Waals surface area (Å²) in [4.78, 5) is 1.56. The van der Waals surface area contributed by atoms with Gasteiger partial charge in [-0.05, 0) is 25.7 Å². The lowest BCUT2D eigenvalue weighted by molar-refractivity contribution is 0.532. The molecule has 4 heteroatoms. The largest absolute Gasteiger partial charge is 0.157 e. The Bertz CT molecular complexity index is 214. The Balaban J connectivity index is 1.57. The van der Waals surface area contributed by atoms with E-state index < -0.39 is 0 Å². The molecule has 106 valence electrons. The minimum Gasteiger partial charge on any atom is -0.157 e. The number of hydrogen-bond donors (Lipinski definition) is 0. The molecule has 0 saturated heterocycles. The van der Waals surface area contributed by atoms with Crippen LogP contribution in [0.25, 0.3) is 0 Å². The van der Waals surface area contributed by atoms with Gasteiger partial charge in [-0.25, -0.2) is 0 Å². The van der Waals surface area contributed by atoms with Gasteiger partial charge in [0.2, 0.25) is 0 Å². The van der Waals surface area contributed by atoms with E-state index in [0.29, 0.717) is 0 Å². The van der Waals surface area contributed by atoms with Gasteiger partial charge in [0.1, 0.15) is 0 Å². The molecular weight excluding hydrogens is 392 g/mol. The number of thioether (sulfide) groups is 2. The van der Waals surface area contributed by atoms with Crippen molar-refractivity contribution in [3.05, 3.63) is 0 Å². The standard InChI is InChI=1S/C14H24Br2S2/c15-11-5-1-3-7-13(11)17-9-10-18-14-8-4-2-6-12(14)16/h11-14H,1-10H2. The van der Waals surface area contributed by atoms with Gasteiger partial charge in [-0.3, -0.25) is 0 Å². The highest BCUT2D eigenvalue weighted by atomic mass is 79.9. The van der Waals surface area contributed by atoms with Crippen LogP contribution in [-0.4, -0.2) is 31.7 Å². The van der Waals surface area contributed by atoms with E-state index in [-0.39, 0.29) is 0 Å².